The highest BCUT2D eigenvalue weighted by molar-refractivity contribution is 5.52. The minimum absolute atomic E-state index is 0.504. The van der Waals surface area contributed by atoms with Crippen molar-refractivity contribution in [1.29, 1.82) is 0 Å². The van der Waals surface area contributed by atoms with Gasteiger partial charge in [-0.05, 0) is 19.4 Å². The van der Waals surface area contributed by atoms with Gasteiger partial charge in [0.25, 0.3) is 0 Å². The molecule has 1 aromatic rings. The molecule has 0 amide bonds. The van der Waals surface area contributed by atoms with Gasteiger partial charge in [0.15, 0.2) is 0 Å². The predicted octanol–water partition coefficient (Wildman–Crippen LogP) is 2.82. The highest BCUT2D eigenvalue weighted by Crippen LogP contribution is 2.19. The van der Waals surface area contributed by atoms with E-state index < -0.39 is 0 Å². The lowest BCUT2D eigenvalue weighted by Crippen LogP contribution is -2.27. The molecule has 0 atom stereocenters. The second-order valence-corrected chi connectivity index (χ2v) is 4.62. The second kappa shape index (κ2) is 7.28. The van der Waals surface area contributed by atoms with Gasteiger partial charge in [0.05, 0.1) is 0 Å². The van der Waals surface area contributed by atoms with Crippen molar-refractivity contribution in [3.63, 3.8) is 0 Å². The van der Waals surface area contributed by atoms with Gasteiger partial charge in [0, 0.05) is 49.3 Å². The number of nitrogens with zero attached hydrogens (tertiary/aromatic N) is 2. The summed E-state index contributed by atoms with van der Waals surface area (Å²) in [6.45, 7) is 11.8. The van der Waals surface area contributed by atoms with E-state index in [4.69, 9.17) is 0 Å². The van der Waals surface area contributed by atoms with Gasteiger partial charge in [0.2, 0.25) is 0 Å². The molecule has 17 heavy (non-hydrogen) atoms. The van der Waals surface area contributed by atoms with Gasteiger partial charge < -0.3 is 10.2 Å². The van der Waals surface area contributed by atoms with Crippen molar-refractivity contribution in [1.82, 2.24) is 10.3 Å². The van der Waals surface area contributed by atoms with E-state index in [0.29, 0.717) is 6.04 Å². The van der Waals surface area contributed by atoms with Crippen LogP contribution in [0.3, 0.4) is 0 Å². The molecule has 0 spiro atoms. The summed E-state index contributed by atoms with van der Waals surface area (Å²) in [4.78, 5) is 6.65. The fourth-order valence-corrected chi connectivity index (χ4v) is 1.90. The normalized spacial score (nSPS) is 10.9. The first-order valence-electron chi connectivity index (χ1n) is 6.60. The Morgan fingerprint density at radius 2 is 2.12 bits per heavy atom. The van der Waals surface area contributed by atoms with E-state index in [0.717, 1.165) is 19.6 Å². The summed E-state index contributed by atoms with van der Waals surface area (Å²) in [6.07, 6.45) is 5.03. The molecule has 0 bridgehead atoms. The number of rotatable bonds is 7. The minimum atomic E-state index is 0.504. The molecule has 1 N–H and O–H groups in total. The summed E-state index contributed by atoms with van der Waals surface area (Å²) in [6, 6.07) is 2.63. The van der Waals surface area contributed by atoms with Gasteiger partial charge in [-0.2, -0.15) is 0 Å². The molecule has 1 rings (SSSR count). The second-order valence-electron chi connectivity index (χ2n) is 4.62. The predicted molar refractivity (Wildman–Crippen MR) is 74.4 cm³/mol. The van der Waals surface area contributed by atoms with Gasteiger partial charge in [-0.3, -0.25) is 4.98 Å². The van der Waals surface area contributed by atoms with Gasteiger partial charge in [0.1, 0.15) is 0 Å². The number of nitrogens with one attached hydrogen (secondary N) is 1. The maximum Gasteiger partial charge on any atom is 0.0442 e. The fourth-order valence-electron chi connectivity index (χ4n) is 1.90. The molecule has 0 aliphatic carbocycles. The quantitative estimate of drug-likeness (QED) is 0.787. The lowest BCUT2D eigenvalue weighted by atomic mass is 10.2. The van der Waals surface area contributed by atoms with Crippen molar-refractivity contribution in [2.24, 2.45) is 0 Å². The molecule has 0 saturated heterocycles. The smallest absolute Gasteiger partial charge is 0.0442 e. The highest BCUT2D eigenvalue weighted by Gasteiger charge is 2.08. The fraction of sp³-hybridized carbons (Fsp3) is 0.643. The molecule has 1 aromatic heterocycles. The van der Waals surface area contributed by atoms with Crippen LogP contribution in [-0.2, 0) is 6.54 Å². The van der Waals surface area contributed by atoms with Crippen molar-refractivity contribution >= 4 is 5.69 Å². The van der Waals surface area contributed by atoms with Crippen LogP contribution in [0.2, 0.25) is 0 Å². The van der Waals surface area contributed by atoms with Crippen molar-refractivity contribution in [3.05, 3.63) is 24.0 Å². The third-order valence-electron chi connectivity index (χ3n) is 2.79. The molecule has 0 fully saturated rings. The Bertz CT molecular complexity index is 323. The van der Waals surface area contributed by atoms with Gasteiger partial charge in [-0.15, -0.1) is 0 Å². The molecular formula is C14H25N3. The Labute approximate surface area is 105 Å². The third kappa shape index (κ3) is 4.35. The van der Waals surface area contributed by atoms with Crippen LogP contribution in [-0.4, -0.2) is 24.1 Å². The zero-order valence-corrected chi connectivity index (χ0v) is 11.5. The molecule has 0 aromatic carbocycles. The van der Waals surface area contributed by atoms with E-state index in [1.54, 1.807) is 0 Å². The Morgan fingerprint density at radius 3 is 2.71 bits per heavy atom. The number of pyridine rings is 1. The Kier molecular flexibility index (Phi) is 5.98. The zero-order chi connectivity index (χ0) is 12.7. The minimum Gasteiger partial charge on any atom is -0.371 e. The van der Waals surface area contributed by atoms with Crippen molar-refractivity contribution in [3.8, 4) is 0 Å². The van der Waals surface area contributed by atoms with Crippen LogP contribution in [0.25, 0.3) is 0 Å². The number of hydrogen-bond donors (Lipinski definition) is 1. The van der Waals surface area contributed by atoms with Crippen LogP contribution >= 0.6 is 0 Å². The standard InChI is InChI=1S/C14H25N3/c1-5-9-17(6-2)14-7-8-15-10-13(14)11-16-12(3)4/h7-8,10,12,16H,5-6,9,11H2,1-4H3. The summed E-state index contributed by atoms with van der Waals surface area (Å²) in [5.41, 5.74) is 2.61. The van der Waals surface area contributed by atoms with Crippen LogP contribution in [0.5, 0.6) is 0 Å². The lowest BCUT2D eigenvalue weighted by Gasteiger charge is -2.25. The molecule has 1 heterocycles. The van der Waals surface area contributed by atoms with Gasteiger partial charge in [-0.1, -0.05) is 20.8 Å². The van der Waals surface area contributed by atoms with E-state index in [1.165, 1.54) is 17.7 Å². The topological polar surface area (TPSA) is 28.2 Å². The van der Waals surface area contributed by atoms with Gasteiger partial charge >= 0.3 is 0 Å². The van der Waals surface area contributed by atoms with E-state index in [2.05, 4.69) is 49.0 Å². The first-order valence-corrected chi connectivity index (χ1v) is 6.60. The molecular weight excluding hydrogens is 210 g/mol. The maximum absolute atomic E-state index is 4.23. The largest absolute Gasteiger partial charge is 0.371 e. The average molecular weight is 235 g/mol. The molecule has 3 heteroatoms. The summed E-state index contributed by atoms with van der Waals surface area (Å²) in [5.74, 6) is 0. The Hall–Kier alpha value is -1.09. The molecule has 0 saturated carbocycles. The van der Waals surface area contributed by atoms with Crippen molar-refractivity contribution < 1.29 is 0 Å². The molecule has 96 valence electrons. The molecule has 0 radical (unpaired) electrons. The molecule has 0 aliphatic heterocycles. The summed E-state index contributed by atoms with van der Waals surface area (Å²) < 4.78 is 0. The Morgan fingerprint density at radius 1 is 1.35 bits per heavy atom. The van der Waals surface area contributed by atoms with Crippen LogP contribution < -0.4 is 10.2 Å². The SMILES string of the molecule is CCCN(CC)c1ccncc1CNC(C)C. The third-order valence-corrected chi connectivity index (χ3v) is 2.79. The Balaban J connectivity index is 2.81. The van der Waals surface area contributed by atoms with E-state index in [-0.39, 0.29) is 0 Å². The summed E-state index contributed by atoms with van der Waals surface area (Å²) in [7, 11) is 0. The van der Waals surface area contributed by atoms with E-state index >= 15 is 0 Å². The monoisotopic (exact) mass is 235 g/mol. The maximum atomic E-state index is 4.23. The number of anilines is 1. The van der Waals surface area contributed by atoms with Crippen molar-refractivity contribution in [2.45, 2.75) is 46.7 Å². The van der Waals surface area contributed by atoms with Crippen LogP contribution in [0.1, 0.15) is 39.7 Å². The first kappa shape index (κ1) is 14.0. The highest BCUT2D eigenvalue weighted by atomic mass is 15.1. The number of aromatic nitrogens is 1. The van der Waals surface area contributed by atoms with Crippen LogP contribution in [0.4, 0.5) is 5.69 Å². The van der Waals surface area contributed by atoms with E-state index in [9.17, 15) is 0 Å². The lowest BCUT2D eigenvalue weighted by molar-refractivity contribution is 0.586. The zero-order valence-electron chi connectivity index (χ0n) is 11.5. The van der Waals surface area contributed by atoms with Gasteiger partial charge in [-0.25, -0.2) is 0 Å². The van der Waals surface area contributed by atoms with Crippen LogP contribution in [0, 0.1) is 0 Å². The molecule has 0 unspecified atom stereocenters. The number of hydrogen-bond acceptors (Lipinski definition) is 3. The summed E-state index contributed by atoms with van der Waals surface area (Å²) >= 11 is 0. The molecule has 3 nitrogen and oxygen atoms in total. The average Bonchev–Trinajstić information content (AvgIpc) is 2.34. The molecule has 0 aliphatic rings. The first-order chi connectivity index (χ1) is 8.19. The van der Waals surface area contributed by atoms with Crippen molar-refractivity contribution in [2.75, 3.05) is 18.0 Å². The summed E-state index contributed by atoms with van der Waals surface area (Å²) in [5, 5.41) is 3.46. The van der Waals surface area contributed by atoms with Crippen LogP contribution in [0.15, 0.2) is 18.5 Å². The van der Waals surface area contributed by atoms with E-state index in [1.807, 2.05) is 12.4 Å².